The second-order valence-corrected chi connectivity index (χ2v) is 12.4. The van der Waals surface area contributed by atoms with Gasteiger partial charge in [0.15, 0.2) is 0 Å². The van der Waals surface area contributed by atoms with Crippen molar-refractivity contribution in [1.82, 2.24) is 0 Å². The van der Waals surface area contributed by atoms with Crippen LogP contribution in [0.15, 0.2) is 0 Å². The summed E-state index contributed by atoms with van der Waals surface area (Å²) in [4.78, 5) is 34.0. The van der Waals surface area contributed by atoms with Gasteiger partial charge in [0, 0.05) is 12.3 Å². The van der Waals surface area contributed by atoms with Gasteiger partial charge < -0.3 is 14.6 Å². The van der Waals surface area contributed by atoms with Crippen molar-refractivity contribution in [2.24, 2.45) is 52.3 Å². The van der Waals surface area contributed by atoms with E-state index in [1.54, 1.807) is 0 Å². The van der Waals surface area contributed by atoms with E-state index in [0.717, 1.165) is 51.4 Å². The molecule has 0 bridgehead atoms. The van der Waals surface area contributed by atoms with Gasteiger partial charge in [-0.25, -0.2) is 0 Å². The minimum Gasteiger partial charge on any atom is -0.481 e. The summed E-state index contributed by atoms with van der Waals surface area (Å²) in [6, 6.07) is 0. The van der Waals surface area contributed by atoms with E-state index in [2.05, 4.69) is 27.7 Å². The number of carboxylic acids is 1. The van der Waals surface area contributed by atoms with E-state index in [-0.39, 0.29) is 35.4 Å². The molecule has 1 N–H and O–H groups in total. The lowest BCUT2D eigenvalue weighted by Gasteiger charge is -2.65. The van der Waals surface area contributed by atoms with Crippen LogP contribution in [0.1, 0.15) is 91.9 Å². The Hall–Kier alpha value is -1.59. The molecule has 1 unspecified atom stereocenters. The van der Waals surface area contributed by atoms with Crippen molar-refractivity contribution in [3.8, 4) is 0 Å². The number of hydrogen-bond acceptors (Lipinski definition) is 5. The second-order valence-electron chi connectivity index (χ2n) is 12.4. The van der Waals surface area contributed by atoms with Crippen molar-refractivity contribution in [2.45, 2.75) is 104 Å². The van der Waals surface area contributed by atoms with E-state index in [4.69, 9.17) is 9.47 Å². The van der Waals surface area contributed by atoms with Crippen LogP contribution in [-0.2, 0) is 23.9 Å². The molecule has 0 spiro atoms. The van der Waals surface area contributed by atoms with E-state index >= 15 is 0 Å². The van der Waals surface area contributed by atoms with Crippen molar-refractivity contribution >= 4 is 18.9 Å². The lowest BCUT2D eigenvalue weighted by molar-refractivity contribution is -0.213. The molecular formula is C28H44O6. The Labute approximate surface area is 204 Å². The monoisotopic (exact) mass is 476 g/mol. The van der Waals surface area contributed by atoms with E-state index < -0.39 is 5.97 Å². The number of carboxylic acid groups (broad SMARTS) is 1. The minimum absolute atomic E-state index is 0.0298. The highest BCUT2D eigenvalue weighted by Crippen LogP contribution is 2.70. The average molecular weight is 477 g/mol. The number of carbonyl (C=O) groups excluding carboxylic acids is 2. The van der Waals surface area contributed by atoms with Crippen molar-refractivity contribution in [3.63, 3.8) is 0 Å². The average Bonchev–Trinajstić information content (AvgIpc) is 3.16. The first-order chi connectivity index (χ1) is 16.2. The van der Waals surface area contributed by atoms with Gasteiger partial charge in [-0.2, -0.15) is 0 Å². The lowest BCUT2D eigenvalue weighted by atomic mass is 9.41. The van der Waals surface area contributed by atoms with Crippen LogP contribution in [0.4, 0.5) is 0 Å². The Balaban J connectivity index is 1.66. The maximum atomic E-state index is 11.8. The highest BCUT2D eigenvalue weighted by molar-refractivity contribution is 5.66. The first kappa shape index (κ1) is 25.5. The number of rotatable bonds is 9. The maximum Gasteiger partial charge on any atom is 0.303 e. The molecule has 0 heterocycles. The Morgan fingerprint density at radius 3 is 2.32 bits per heavy atom. The molecule has 0 aromatic rings. The maximum absolute atomic E-state index is 11.8. The molecule has 192 valence electrons. The first-order valence-corrected chi connectivity index (χ1v) is 13.6. The van der Waals surface area contributed by atoms with Crippen LogP contribution in [0.3, 0.4) is 0 Å². The first-order valence-electron chi connectivity index (χ1n) is 13.6. The summed E-state index contributed by atoms with van der Waals surface area (Å²) in [6.07, 6.45) is 9.26. The summed E-state index contributed by atoms with van der Waals surface area (Å²) in [5, 5.41) is 9.22. The number of hydrogen-bond donors (Lipinski definition) is 1. The molecule has 4 aliphatic rings. The Morgan fingerprint density at radius 1 is 1.00 bits per heavy atom. The zero-order valence-electron chi connectivity index (χ0n) is 21.4. The number of aliphatic carboxylic acids is 1. The summed E-state index contributed by atoms with van der Waals surface area (Å²) in [5.41, 5.74) is 0.341. The van der Waals surface area contributed by atoms with Gasteiger partial charge in [0.1, 0.15) is 12.2 Å². The van der Waals surface area contributed by atoms with Gasteiger partial charge in [-0.3, -0.25) is 14.4 Å². The van der Waals surface area contributed by atoms with Crippen molar-refractivity contribution in [1.29, 1.82) is 0 Å². The van der Waals surface area contributed by atoms with Gasteiger partial charge >= 0.3 is 5.97 Å². The number of carbonyl (C=O) groups is 3. The molecule has 4 rings (SSSR count). The third-order valence-corrected chi connectivity index (χ3v) is 11.4. The standard InChI is InChI=1S/C28H44O6/c1-5-19-23-14-18(33-15-29)10-12-28(23,4)22-11-13-27(3)20(17(2)6-9-24(31)32)7-8-21(27)25(22)26(19)34-16-30/h15-23,25-26H,5-14H2,1-4H3,(H,31,32)/t17-,18-,19-,20?,21+,22+,23+,25+,26-,27-,28-/m1/s1. The molecule has 4 fully saturated rings. The number of ether oxygens (including phenoxy) is 2. The molecule has 6 nitrogen and oxygen atoms in total. The molecular weight excluding hydrogens is 432 g/mol. The third-order valence-electron chi connectivity index (χ3n) is 11.4. The smallest absolute Gasteiger partial charge is 0.303 e. The van der Waals surface area contributed by atoms with Crippen LogP contribution in [0, 0.1) is 52.3 Å². The fraction of sp³-hybridized carbons (Fsp3) is 0.893. The van der Waals surface area contributed by atoms with Crippen LogP contribution in [0.2, 0.25) is 0 Å². The fourth-order valence-electron chi connectivity index (χ4n) is 9.89. The van der Waals surface area contributed by atoms with Gasteiger partial charge in [0.05, 0.1) is 0 Å². The minimum atomic E-state index is -0.707. The van der Waals surface area contributed by atoms with Gasteiger partial charge in [0.25, 0.3) is 12.9 Å². The van der Waals surface area contributed by atoms with E-state index in [1.807, 2.05) is 0 Å². The van der Waals surface area contributed by atoms with Crippen molar-refractivity contribution in [2.75, 3.05) is 0 Å². The summed E-state index contributed by atoms with van der Waals surface area (Å²) < 4.78 is 11.4. The highest BCUT2D eigenvalue weighted by Gasteiger charge is 2.65. The third kappa shape index (κ3) is 4.07. The Morgan fingerprint density at radius 2 is 1.68 bits per heavy atom. The molecule has 0 radical (unpaired) electrons. The van der Waals surface area contributed by atoms with Gasteiger partial charge in [-0.05, 0) is 104 Å². The molecule has 0 aromatic carbocycles. The van der Waals surface area contributed by atoms with Gasteiger partial charge in [-0.1, -0.05) is 27.7 Å². The quantitative estimate of drug-likeness (QED) is 0.444. The van der Waals surface area contributed by atoms with E-state index in [9.17, 15) is 19.5 Å². The molecule has 11 atom stereocenters. The van der Waals surface area contributed by atoms with E-state index in [0.29, 0.717) is 48.5 Å². The van der Waals surface area contributed by atoms with Crippen molar-refractivity contribution in [3.05, 3.63) is 0 Å². The van der Waals surface area contributed by atoms with E-state index in [1.165, 1.54) is 6.42 Å². The number of fused-ring (bicyclic) bond motifs is 5. The summed E-state index contributed by atoms with van der Waals surface area (Å²) >= 11 is 0. The van der Waals surface area contributed by atoms with Crippen LogP contribution in [0.5, 0.6) is 0 Å². The van der Waals surface area contributed by atoms with Crippen LogP contribution in [-0.4, -0.2) is 36.2 Å². The zero-order chi connectivity index (χ0) is 24.7. The molecule has 0 saturated heterocycles. The zero-order valence-corrected chi connectivity index (χ0v) is 21.4. The summed E-state index contributed by atoms with van der Waals surface area (Å²) in [6.45, 7) is 10.6. The predicted molar refractivity (Wildman–Crippen MR) is 128 cm³/mol. The van der Waals surface area contributed by atoms with Gasteiger partial charge in [0.2, 0.25) is 0 Å². The molecule has 34 heavy (non-hydrogen) atoms. The highest BCUT2D eigenvalue weighted by atomic mass is 16.5. The normalized spacial score (nSPS) is 46.4. The van der Waals surface area contributed by atoms with Crippen LogP contribution >= 0.6 is 0 Å². The Kier molecular flexibility index (Phi) is 7.36. The molecule has 0 amide bonds. The molecule has 4 aliphatic carbocycles. The molecule has 0 aromatic heterocycles. The Bertz CT molecular complexity index is 768. The largest absolute Gasteiger partial charge is 0.481 e. The second kappa shape index (κ2) is 9.81. The summed E-state index contributed by atoms with van der Waals surface area (Å²) in [5.74, 6) is 2.24. The van der Waals surface area contributed by atoms with Crippen molar-refractivity contribution < 1.29 is 29.0 Å². The molecule has 6 heteroatoms. The molecule has 0 aliphatic heterocycles. The molecule has 4 saturated carbocycles. The van der Waals surface area contributed by atoms with Crippen LogP contribution in [0.25, 0.3) is 0 Å². The predicted octanol–water partition coefficient (Wildman–Crippen LogP) is 5.48. The summed E-state index contributed by atoms with van der Waals surface area (Å²) in [7, 11) is 0. The lowest BCUT2D eigenvalue weighted by Crippen LogP contribution is -2.62. The van der Waals surface area contributed by atoms with Gasteiger partial charge in [-0.15, -0.1) is 0 Å². The van der Waals surface area contributed by atoms with Crippen LogP contribution < -0.4 is 0 Å². The SMILES string of the molecule is CC[C@H]1[C@@H](OC=O)[C@@H]2[C@H](CC[C@]3(C)C([C@H](C)CCC(=O)O)CC[C@@H]23)[C@@]2(C)CC[C@@H](OC=O)C[C@@H]12. The topological polar surface area (TPSA) is 89.9 Å². The fourth-order valence-corrected chi connectivity index (χ4v) is 9.89.